The Morgan fingerprint density at radius 2 is 1.16 bits per heavy atom. The number of hydrogen-bond donors (Lipinski definition) is 7. The maximum Gasteiger partial charge on any atom is 0.326 e. The summed E-state index contributed by atoms with van der Waals surface area (Å²) >= 11 is 0. The van der Waals surface area contributed by atoms with Crippen molar-refractivity contribution in [1.82, 2.24) is 26.6 Å². The minimum atomic E-state index is -1.21. The molecule has 8 N–H and O–H groups in total. The van der Waals surface area contributed by atoms with E-state index in [0.717, 1.165) is 11.1 Å². The van der Waals surface area contributed by atoms with Gasteiger partial charge in [-0.3, -0.25) is 24.0 Å². The fourth-order valence-corrected chi connectivity index (χ4v) is 4.28. The molecule has 13 nitrogen and oxygen atoms in total. The molecule has 0 saturated carbocycles. The molecular formula is C31H42N6O7. The van der Waals surface area contributed by atoms with Gasteiger partial charge in [-0.05, 0) is 30.4 Å². The lowest BCUT2D eigenvalue weighted by atomic mass is 10.0. The molecule has 238 valence electrons. The van der Waals surface area contributed by atoms with E-state index < -0.39 is 66.2 Å². The summed E-state index contributed by atoms with van der Waals surface area (Å²) < 4.78 is 0. The Morgan fingerprint density at radius 1 is 0.659 bits per heavy atom. The van der Waals surface area contributed by atoms with Crippen LogP contribution in [0.5, 0.6) is 0 Å². The van der Waals surface area contributed by atoms with Gasteiger partial charge in [0.15, 0.2) is 0 Å². The van der Waals surface area contributed by atoms with Crippen LogP contribution in [-0.4, -0.2) is 77.9 Å². The summed E-state index contributed by atoms with van der Waals surface area (Å²) in [7, 11) is 0. The molecule has 2 rings (SSSR count). The summed E-state index contributed by atoms with van der Waals surface area (Å²) in [5, 5.41) is 22.2. The van der Waals surface area contributed by atoms with Crippen molar-refractivity contribution in [2.24, 2.45) is 11.7 Å². The zero-order valence-corrected chi connectivity index (χ0v) is 25.2. The Hall–Kier alpha value is -4.78. The smallest absolute Gasteiger partial charge is 0.326 e. The SMILES string of the molecule is CC(C)C[C@H](NC(=O)CNC(=O)[C@H](C)NC(=O)[C@H](Cc1ccccc1)NC(=O)CN)C(=O)N[C@@H](Cc1ccccc1)C(=O)O. The summed E-state index contributed by atoms with van der Waals surface area (Å²) in [6, 6.07) is 13.5. The summed E-state index contributed by atoms with van der Waals surface area (Å²) in [5.74, 6) is -4.39. The van der Waals surface area contributed by atoms with Gasteiger partial charge < -0.3 is 37.4 Å². The topological polar surface area (TPSA) is 209 Å². The average Bonchev–Trinajstić information content (AvgIpc) is 2.99. The van der Waals surface area contributed by atoms with Gasteiger partial charge in [-0.2, -0.15) is 0 Å². The number of carboxylic acid groups (broad SMARTS) is 1. The van der Waals surface area contributed by atoms with Crippen LogP contribution < -0.4 is 32.3 Å². The van der Waals surface area contributed by atoms with Crippen LogP contribution in [0.15, 0.2) is 60.7 Å². The lowest BCUT2D eigenvalue weighted by Gasteiger charge is -2.23. The van der Waals surface area contributed by atoms with E-state index in [1.165, 1.54) is 6.92 Å². The van der Waals surface area contributed by atoms with E-state index >= 15 is 0 Å². The van der Waals surface area contributed by atoms with Gasteiger partial charge >= 0.3 is 5.97 Å². The van der Waals surface area contributed by atoms with Crippen LogP contribution in [-0.2, 0) is 41.6 Å². The van der Waals surface area contributed by atoms with E-state index in [1.54, 1.807) is 54.6 Å². The van der Waals surface area contributed by atoms with Gasteiger partial charge in [-0.1, -0.05) is 74.5 Å². The largest absolute Gasteiger partial charge is 0.480 e. The monoisotopic (exact) mass is 610 g/mol. The van der Waals surface area contributed by atoms with Gasteiger partial charge in [-0.25, -0.2) is 4.79 Å². The zero-order chi connectivity index (χ0) is 32.6. The number of rotatable bonds is 17. The highest BCUT2D eigenvalue weighted by molar-refractivity contribution is 5.95. The van der Waals surface area contributed by atoms with Crippen molar-refractivity contribution < 1.29 is 33.9 Å². The molecule has 5 amide bonds. The fraction of sp³-hybridized carbons (Fsp3) is 0.419. The van der Waals surface area contributed by atoms with Gasteiger partial charge in [0.1, 0.15) is 24.2 Å². The molecule has 13 heteroatoms. The Balaban J connectivity index is 1.95. The summed E-state index contributed by atoms with van der Waals surface area (Å²) in [6.45, 7) is 4.30. The highest BCUT2D eigenvalue weighted by Gasteiger charge is 2.28. The number of amides is 5. The zero-order valence-electron chi connectivity index (χ0n) is 25.2. The normalized spacial score (nSPS) is 13.5. The van der Waals surface area contributed by atoms with Crippen LogP contribution in [0.3, 0.4) is 0 Å². The summed E-state index contributed by atoms with van der Waals surface area (Å²) in [5.41, 5.74) is 6.89. The molecule has 0 aliphatic rings. The molecule has 0 aliphatic carbocycles. The number of carbonyl (C=O) groups is 6. The first kappa shape index (κ1) is 35.4. The number of nitrogens with one attached hydrogen (secondary N) is 5. The second-order valence-corrected chi connectivity index (χ2v) is 10.8. The number of carbonyl (C=O) groups excluding carboxylic acids is 5. The standard InChI is InChI=1S/C31H42N6O7/c1-19(2)14-23(30(42)37-25(31(43)44)16-22-12-8-5-9-13-22)36-27(39)18-33-28(40)20(3)34-29(41)24(35-26(38)17-32)15-21-10-6-4-7-11-21/h4-13,19-20,23-25H,14-18,32H2,1-3H3,(H,33,40)(H,34,41)(H,35,38)(H,36,39)(H,37,42)(H,43,44)/t20-,23-,24-,25-/m0/s1. The van der Waals surface area contributed by atoms with Crippen molar-refractivity contribution in [2.45, 2.75) is 64.2 Å². The molecule has 4 atom stereocenters. The van der Waals surface area contributed by atoms with Crippen molar-refractivity contribution in [2.75, 3.05) is 13.1 Å². The van der Waals surface area contributed by atoms with Crippen LogP contribution in [0.2, 0.25) is 0 Å². The molecule has 2 aromatic rings. The molecule has 0 aromatic heterocycles. The van der Waals surface area contributed by atoms with E-state index in [0.29, 0.717) is 0 Å². The van der Waals surface area contributed by atoms with Crippen molar-refractivity contribution in [3.63, 3.8) is 0 Å². The van der Waals surface area contributed by atoms with Crippen LogP contribution in [0.4, 0.5) is 0 Å². The van der Waals surface area contributed by atoms with E-state index in [1.807, 2.05) is 19.9 Å². The fourth-order valence-electron chi connectivity index (χ4n) is 4.28. The van der Waals surface area contributed by atoms with E-state index in [2.05, 4.69) is 26.6 Å². The van der Waals surface area contributed by atoms with Crippen LogP contribution >= 0.6 is 0 Å². The van der Waals surface area contributed by atoms with Gasteiger partial charge in [0.05, 0.1) is 13.1 Å². The average molecular weight is 611 g/mol. The highest BCUT2D eigenvalue weighted by atomic mass is 16.4. The minimum Gasteiger partial charge on any atom is -0.480 e. The van der Waals surface area contributed by atoms with Crippen LogP contribution in [0, 0.1) is 5.92 Å². The predicted molar refractivity (Wildman–Crippen MR) is 163 cm³/mol. The Kier molecular flexibility index (Phi) is 14.5. The van der Waals surface area contributed by atoms with Crippen molar-refractivity contribution >= 4 is 35.5 Å². The van der Waals surface area contributed by atoms with Crippen molar-refractivity contribution in [3.8, 4) is 0 Å². The number of carboxylic acids is 1. The van der Waals surface area contributed by atoms with Gasteiger partial charge in [-0.15, -0.1) is 0 Å². The number of nitrogens with two attached hydrogens (primary N) is 1. The van der Waals surface area contributed by atoms with Crippen molar-refractivity contribution in [1.29, 1.82) is 0 Å². The quantitative estimate of drug-likeness (QED) is 0.125. The highest BCUT2D eigenvalue weighted by Crippen LogP contribution is 2.08. The first-order valence-corrected chi connectivity index (χ1v) is 14.4. The number of benzene rings is 2. The third-order valence-electron chi connectivity index (χ3n) is 6.55. The summed E-state index contributed by atoms with van der Waals surface area (Å²) in [4.78, 5) is 75.0. The van der Waals surface area contributed by atoms with Gasteiger partial charge in [0.25, 0.3) is 0 Å². The molecule has 44 heavy (non-hydrogen) atoms. The van der Waals surface area contributed by atoms with Gasteiger partial charge in [0.2, 0.25) is 29.5 Å². The van der Waals surface area contributed by atoms with Crippen LogP contribution in [0.1, 0.15) is 38.3 Å². The van der Waals surface area contributed by atoms with Crippen molar-refractivity contribution in [3.05, 3.63) is 71.8 Å². The molecular weight excluding hydrogens is 568 g/mol. The third kappa shape index (κ3) is 12.6. The molecule has 0 bridgehead atoms. The molecule has 0 heterocycles. The molecule has 0 fully saturated rings. The Morgan fingerprint density at radius 3 is 1.66 bits per heavy atom. The molecule has 2 aromatic carbocycles. The summed E-state index contributed by atoms with van der Waals surface area (Å²) in [6.07, 6.45) is 0.460. The van der Waals surface area contributed by atoms with E-state index in [-0.39, 0.29) is 31.7 Å². The maximum absolute atomic E-state index is 13.0. The molecule has 0 spiro atoms. The molecule has 0 aliphatic heterocycles. The maximum atomic E-state index is 13.0. The lowest BCUT2D eigenvalue weighted by Crippen LogP contribution is -2.56. The van der Waals surface area contributed by atoms with E-state index in [4.69, 9.17) is 5.73 Å². The van der Waals surface area contributed by atoms with Gasteiger partial charge in [0, 0.05) is 12.8 Å². The van der Waals surface area contributed by atoms with E-state index in [9.17, 15) is 33.9 Å². The number of aliphatic carboxylic acids is 1. The molecule has 0 radical (unpaired) electrons. The first-order valence-electron chi connectivity index (χ1n) is 14.4. The lowest BCUT2D eigenvalue weighted by molar-refractivity contribution is -0.142. The second-order valence-electron chi connectivity index (χ2n) is 10.8. The Labute approximate surface area is 256 Å². The molecule has 0 saturated heterocycles. The molecule has 0 unspecified atom stereocenters. The Bertz CT molecular complexity index is 1270. The van der Waals surface area contributed by atoms with Crippen LogP contribution in [0.25, 0.3) is 0 Å². The minimum absolute atomic E-state index is 0.0168. The third-order valence-corrected chi connectivity index (χ3v) is 6.55. The number of hydrogen-bond acceptors (Lipinski definition) is 7. The predicted octanol–water partition coefficient (Wildman–Crippen LogP) is -0.363. The first-order chi connectivity index (χ1) is 20.9. The second kappa shape index (κ2) is 18.0.